The second-order valence-corrected chi connectivity index (χ2v) is 3.97. The molecule has 0 unspecified atom stereocenters. The van der Waals surface area contributed by atoms with Crippen molar-refractivity contribution in [3.05, 3.63) is 44.8 Å². The lowest BCUT2D eigenvalue weighted by molar-refractivity contribution is -0.140. The molecule has 8 heteroatoms. The van der Waals surface area contributed by atoms with Crippen molar-refractivity contribution in [3.63, 3.8) is 0 Å². The Kier molecular flexibility index (Phi) is 6.66. The maximum Gasteiger partial charge on any atom is 0.331 e. The Hall–Kier alpha value is -2.64. The van der Waals surface area contributed by atoms with E-state index in [0.717, 1.165) is 12.2 Å². The maximum absolute atomic E-state index is 11.2. The van der Waals surface area contributed by atoms with Gasteiger partial charge in [0.25, 0.3) is 5.56 Å². The summed E-state index contributed by atoms with van der Waals surface area (Å²) in [5.74, 6) is -1.28. The molecule has 0 atom stereocenters. The number of H-pyrrole nitrogens is 2. The van der Waals surface area contributed by atoms with Crippen molar-refractivity contribution >= 4 is 11.9 Å². The van der Waals surface area contributed by atoms with E-state index in [1.54, 1.807) is 6.92 Å². The van der Waals surface area contributed by atoms with Gasteiger partial charge in [-0.2, -0.15) is 0 Å². The Morgan fingerprint density at radius 3 is 2.43 bits per heavy atom. The van der Waals surface area contributed by atoms with Crippen LogP contribution in [-0.4, -0.2) is 35.1 Å². The van der Waals surface area contributed by atoms with Gasteiger partial charge in [0, 0.05) is 23.9 Å². The monoisotopic (exact) mass is 296 g/mol. The number of aryl methyl sites for hydroxylation is 1. The van der Waals surface area contributed by atoms with E-state index in [1.165, 1.54) is 6.07 Å². The van der Waals surface area contributed by atoms with E-state index >= 15 is 0 Å². The highest BCUT2D eigenvalue weighted by Crippen LogP contribution is 1.95. The fourth-order valence-corrected chi connectivity index (χ4v) is 1.46. The van der Waals surface area contributed by atoms with Gasteiger partial charge in [0.05, 0.1) is 13.2 Å². The van der Waals surface area contributed by atoms with Crippen molar-refractivity contribution in [3.8, 4) is 0 Å². The summed E-state index contributed by atoms with van der Waals surface area (Å²) in [5, 5.41) is 0. The summed E-state index contributed by atoms with van der Waals surface area (Å²) in [6, 6.07) is 1.27. The van der Waals surface area contributed by atoms with Crippen molar-refractivity contribution in [1.29, 1.82) is 0 Å². The normalized spacial score (nSPS) is 10.5. The summed E-state index contributed by atoms with van der Waals surface area (Å²) < 4.78 is 9.44. The third-order valence-corrected chi connectivity index (χ3v) is 2.29. The van der Waals surface area contributed by atoms with Crippen LogP contribution in [-0.2, 0) is 25.5 Å². The molecule has 0 amide bonds. The number of carbonyl (C=O) groups is 2. The Morgan fingerprint density at radius 2 is 1.81 bits per heavy atom. The van der Waals surface area contributed by atoms with Gasteiger partial charge in [0.1, 0.15) is 0 Å². The highest BCUT2D eigenvalue weighted by molar-refractivity contribution is 5.91. The standard InChI is InChI=1S/C13H16N2O6/c1-2-20-11(17)5-6-12(18)21-7-3-4-9-8-10(16)15-13(19)14-9/h5-6,8H,2-4,7H2,1H3,(H2,14,15,16,19)/b6-5+. The molecule has 0 saturated carbocycles. The van der Waals surface area contributed by atoms with Gasteiger partial charge in [0.2, 0.25) is 0 Å². The van der Waals surface area contributed by atoms with E-state index < -0.39 is 23.2 Å². The van der Waals surface area contributed by atoms with Crippen molar-refractivity contribution < 1.29 is 19.1 Å². The zero-order valence-corrected chi connectivity index (χ0v) is 11.5. The van der Waals surface area contributed by atoms with Crippen LogP contribution in [0.3, 0.4) is 0 Å². The maximum atomic E-state index is 11.2. The molecule has 8 nitrogen and oxygen atoms in total. The summed E-state index contributed by atoms with van der Waals surface area (Å²) in [5.41, 5.74) is -0.600. The molecular formula is C13H16N2O6. The van der Waals surface area contributed by atoms with Crippen LogP contribution in [0.4, 0.5) is 0 Å². The second-order valence-electron chi connectivity index (χ2n) is 3.97. The van der Waals surface area contributed by atoms with Gasteiger partial charge < -0.3 is 14.5 Å². The minimum absolute atomic E-state index is 0.0980. The zero-order valence-electron chi connectivity index (χ0n) is 11.5. The van der Waals surface area contributed by atoms with Crippen LogP contribution in [0.15, 0.2) is 27.8 Å². The van der Waals surface area contributed by atoms with Crippen LogP contribution in [0.5, 0.6) is 0 Å². The lowest BCUT2D eigenvalue weighted by atomic mass is 10.2. The number of esters is 2. The highest BCUT2D eigenvalue weighted by Gasteiger charge is 2.01. The van der Waals surface area contributed by atoms with Crippen LogP contribution in [0.2, 0.25) is 0 Å². The Balaban J connectivity index is 2.30. The average Bonchev–Trinajstić information content (AvgIpc) is 2.41. The van der Waals surface area contributed by atoms with Crippen LogP contribution >= 0.6 is 0 Å². The average molecular weight is 296 g/mol. The Labute approximate surface area is 119 Å². The summed E-state index contributed by atoms with van der Waals surface area (Å²) in [6.45, 7) is 1.98. The van der Waals surface area contributed by atoms with Gasteiger partial charge in [-0.3, -0.25) is 9.78 Å². The van der Waals surface area contributed by atoms with Crippen LogP contribution in [0, 0.1) is 0 Å². The van der Waals surface area contributed by atoms with Crippen molar-refractivity contribution in [2.24, 2.45) is 0 Å². The van der Waals surface area contributed by atoms with Gasteiger partial charge in [0.15, 0.2) is 0 Å². The summed E-state index contributed by atoms with van der Waals surface area (Å²) in [4.78, 5) is 48.7. The SMILES string of the molecule is CCOC(=O)/C=C/C(=O)OCCCc1cc(=O)[nH]c(=O)[nH]1. The summed E-state index contributed by atoms with van der Waals surface area (Å²) >= 11 is 0. The number of rotatable bonds is 7. The predicted octanol–water partition coefficient (Wildman–Crippen LogP) is -0.342. The van der Waals surface area contributed by atoms with Crippen LogP contribution in [0.1, 0.15) is 19.0 Å². The molecule has 0 aliphatic heterocycles. The molecule has 1 heterocycles. The van der Waals surface area contributed by atoms with Gasteiger partial charge >= 0.3 is 17.6 Å². The first-order chi connectivity index (χ1) is 10.0. The molecule has 0 saturated heterocycles. The van der Waals surface area contributed by atoms with E-state index in [9.17, 15) is 19.2 Å². The first-order valence-electron chi connectivity index (χ1n) is 6.35. The molecule has 0 spiro atoms. The Bertz CT molecular complexity index is 600. The molecule has 0 aromatic carbocycles. The predicted molar refractivity (Wildman–Crippen MR) is 72.7 cm³/mol. The molecule has 1 aromatic heterocycles. The molecule has 0 bridgehead atoms. The van der Waals surface area contributed by atoms with Gasteiger partial charge in [-0.15, -0.1) is 0 Å². The number of hydrogen-bond acceptors (Lipinski definition) is 6. The minimum Gasteiger partial charge on any atom is -0.463 e. The highest BCUT2D eigenvalue weighted by atomic mass is 16.5. The molecule has 0 aliphatic rings. The smallest absolute Gasteiger partial charge is 0.331 e. The zero-order chi connectivity index (χ0) is 15.7. The van der Waals surface area contributed by atoms with Gasteiger partial charge in [-0.25, -0.2) is 14.4 Å². The van der Waals surface area contributed by atoms with Crippen molar-refractivity contribution in [2.45, 2.75) is 19.8 Å². The fourth-order valence-electron chi connectivity index (χ4n) is 1.46. The van der Waals surface area contributed by atoms with Crippen molar-refractivity contribution in [1.82, 2.24) is 9.97 Å². The first kappa shape index (κ1) is 16.4. The van der Waals surface area contributed by atoms with Gasteiger partial charge in [-0.1, -0.05) is 0 Å². The molecule has 1 rings (SSSR count). The first-order valence-corrected chi connectivity index (χ1v) is 6.35. The molecule has 2 N–H and O–H groups in total. The number of nitrogens with one attached hydrogen (secondary N) is 2. The molecule has 0 aliphatic carbocycles. The van der Waals surface area contributed by atoms with E-state index in [2.05, 4.69) is 14.7 Å². The molecule has 114 valence electrons. The van der Waals surface area contributed by atoms with E-state index in [0.29, 0.717) is 18.5 Å². The molecule has 0 radical (unpaired) electrons. The van der Waals surface area contributed by atoms with Crippen LogP contribution < -0.4 is 11.2 Å². The Morgan fingerprint density at radius 1 is 1.14 bits per heavy atom. The number of ether oxygens (including phenoxy) is 2. The topological polar surface area (TPSA) is 118 Å². The number of aromatic nitrogens is 2. The second kappa shape index (κ2) is 8.51. The van der Waals surface area contributed by atoms with E-state index in [-0.39, 0.29) is 13.2 Å². The lowest BCUT2D eigenvalue weighted by Gasteiger charge is -2.02. The van der Waals surface area contributed by atoms with Gasteiger partial charge in [-0.05, 0) is 19.8 Å². The number of carbonyl (C=O) groups excluding carboxylic acids is 2. The largest absolute Gasteiger partial charge is 0.463 e. The quantitative estimate of drug-likeness (QED) is 0.403. The van der Waals surface area contributed by atoms with Crippen LogP contribution in [0.25, 0.3) is 0 Å². The molecular weight excluding hydrogens is 280 g/mol. The van der Waals surface area contributed by atoms with Crippen molar-refractivity contribution in [2.75, 3.05) is 13.2 Å². The lowest BCUT2D eigenvalue weighted by Crippen LogP contribution is -2.23. The molecule has 21 heavy (non-hydrogen) atoms. The third-order valence-electron chi connectivity index (χ3n) is 2.29. The third kappa shape index (κ3) is 6.90. The number of aromatic amines is 2. The number of hydrogen-bond donors (Lipinski definition) is 2. The summed E-state index contributed by atoms with van der Waals surface area (Å²) in [6.07, 6.45) is 2.78. The minimum atomic E-state index is -0.664. The molecule has 1 aromatic rings. The van der Waals surface area contributed by atoms with E-state index in [4.69, 9.17) is 4.74 Å². The molecule has 0 fully saturated rings. The fraction of sp³-hybridized carbons (Fsp3) is 0.385. The summed E-state index contributed by atoms with van der Waals surface area (Å²) in [7, 11) is 0. The van der Waals surface area contributed by atoms with E-state index in [1.807, 2.05) is 0 Å².